The van der Waals surface area contributed by atoms with Crippen molar-refractivity contribution >= 4 is 38.5 Å². The average Bonchev–Trinajstić information content (AvgIpc) is 2.36. The van der Waals surface area contributed by atoms with Gasteiger partial charge in [-0.1, -0.05) is 22.0 Å². The van der Waals surface area contributed by atoms with Crippen LogP contribution in [0.3, 0.4) is 0 Å². The zero-order valence-electron chi connectivity index (χ0n) is 10.5. The lowest BCUT2D eigenvalue weighted by atomic mass is 10.0. The molecule has 0 aliphatic rings. The van der Waals surface area contributed by atoms with E-state index in [0.717, 1.165) is 20.2 Å². The molecule has 106 valence electrons. The number of alkyl halides is 2. The third-order valence-electron chi connectivity index (χ3n) is 2.91. The highest BCUT2D eigenvalue weighted by Gasteiger charge is 2.14. The number of aromatic nitrogens is 1. The molecule has 2 nitrogen and oxygen atoms in total. The molecule has 1 aromatic heterocycles. The van der Waals surface area contributed by atoms with Gasteiger partial charge < -0.3 is 4.57 Å². The summed E-state index contributed by atoms with van der Waals surface area (Å²) >= 11 is 5.23. The Balaban J connectivity index is 2.67. The Morgan fingerprint density at radius 3 is 2.60 bits per heavy atom. The first-order chi connectivity index (χ1) is 9.40. The lowest BCUT2D eigenvalue weighted by Gasteiger charge is -2.15. The summed E-state index contributed by atoms with van der Waals surface area (Å²) in [4.78, 5) is 12.1. The third kappa shape index (κ3) is 3.28. The fourth-order valence-electron chi connectivity index (χ4n) is 2.02. The maximum atomic E-state index is 12.7. The third-order valence-corrected chi connectivity index (χ3v) is 4.23. The van der Waals surface area contributed by atoms with Gasteiger partial charge in [-0.15, -0.1) is 0 Å². The minimum absolute atomic E-state index is 0.384. The van der Waals surface area contributed by atoms with E-state index < -0.39 is 13.0 Å². The van der Waals surface area contributed by atoms with Crippen LogP contribution < -0.4 is 5.56 Å². The molecule has 0 aliphatic carbocycles. The second kappa shape index (κ2) is 6.34. The van der Waals surface area contributed by atoms with Crippen molar-refractivity contribution < 1.29 is 8.78 Å². The highest BCUT2D eigenvalue weighted by Crippen LogP contribution is 2.26. The van der Waals surface area contributed by atoms with Crippen molar-refractivity contribution in [2.24, 2.45) is 0 Å². The normalized spacial score (nSPS) is 11.1. The monoisotopic (exact) mass is 453 g/mol. The van der Waals surface area contributed by atoms with Crippen LogP contribution in [0.2, 0.25) is 0 Å². The SMILES string of the molecule is Cc1cc(Br)ccc1-c1ccc(I)c(=O)n1CC(F)F. The fourth-order valence-corrected chi connectivity index (χ4v) is 2.97. The van der Waals surface area contributed by atoms with E-state index in [2.05, 4.69) is 15.9 Å². The van der Waals surface area contributed by atoms with Gasteiger partial charge in [-0.2, -0.15) is 0 Å². The molecule has 0 bridgehead atoms. The maximum absolute atomic E-state index is 12.7. The number of rotatable bonds is 3. The molecule has 1 heterocycles. The standard InChI is InChI=1S/C14H11BrF2INO/c1-8-6-9(15)2-3-10(8)12-5-4-11(18)14(20)19(12)7-13(16)17/h2-6,13H,7H2,1H3. The Morgan fingerprint density at radius 2 is 2.00 bits per heavy atom. The van der Waals surface area contributed by atoms with E-state index in [1.165, 1.54) is 0 Å². The zero-order chi connectivity index (χ0) is 14.9. The number of hydrogen-bond donors (Lipinski definition) is 0. The molecule has 0 fully saturated rings. The van der Waals surface area contributed by atoms with Gasteiger partial charge in [0.1, 0.15) is 0 Å². The average molecular weight is 454 g/mol. The number of hydrogen-bond acceptors (Lipinski definition) is 1. The molecule has 0 saturated carbocycles. The van der Waals surface area contributed by atoms with Crippen molar-refractivity contribution in [3.05, 3.63) is 54.3 Å². The number of pyridine rings is 1. The molecule has 2 aromatic rings. The molecular weight excluding hydrogens is 443 g/mol. The van der Waals surface area contributed by atoms with Crippen molar-refractivity contribution in [1.82, 2.24) is 4.57 Å². The number of benzene rings is 1. The van der Waals surface area contributed by atoms with Crippen LogP contribution in [0.15, 0.2) is 39.6 Å². The quantitative estimate of drug-likeness (QED) is 0.629. The molecule has 0 saturated heterocycles. The van der Waals surface area contributed by atoms with Gasteiger partial charge >= 0.3 is 0 Å². The predicted molar refractivity (Wildman–Crippen MR) is 87.3 cm³/mol. The smallest absolute Gasteiger partial charge is 0.264 e. The molecule has 2 rings (SSSR count). The minimum atomic E-state index is -2.57. The maximum Gasteiger partial charge on any atom is 0.264 e. The van der Waals surface area contributed by atoms with Crippen LogP contribution in [0.5, 0.6) is 0 Å². The van der Waals surface area contributed by atoms with Gasteiger partial charge in [0, 0.05) is 10.0 Å². The van der Waals surface area contributed by atoms with Gasteiger partial charge in [-0.25, -0.2) is 8.78 Å². The summed E-state index contributed by atoms with van der Waals surface area (Å²) in [6, 6.07) is 8.91. The summed E-state index contributed by atoms with van der Waals surface area (Å²) in [5.74, 6) is 0. The molecule has 0 aliphatic heterocycles. The number of nitrogens with zero attached hydrogens (tertiary/aromatic N) is 1. The predicted octanol–water partition coefficient (Wildman–Crippen LogP) is 4.46. The topological polar surface area (TPSA) is 22.0 Å². The summed E-state index contributed by atoms with van der Waals surface area (Å²) in [6.07, 6.45) is -2.57. The number of halogens is 4. The largest absolute Gasteiger partial charge is 0.302 e. The van der Waals surface area contributed by atoms with Crippen molar-refractivity contribution in [2.45, 2.75) is 19.9 Å². The van der Waals surface area contributed by atoms with Crippen LogP contribution >= 0.6 is 38.5 Å². The van der Waals surface area contributed by atoms with E-state index >= 15 is 0 Å². The highest BCUT2D eigenvalue weighted by atomic mass is 127. The van der Waals surface area contributed by atoms with Crippen molar-refractivity contribution in [3.8, 4) is 11.3 Å². The van der Waals surface area contributed by atoms with Gasteiger partial charge in [0.2, 0.25) is 0 Å². The van der Waals surface area contributed by atoms with Gasteiger partial charge in [-0.05, 0) is 59.3 Å². The first-order valence-corrected chi connectivity index (χ1v) is 7.71. The van der Waals surface area contributed by atoms with E-state index in [1.54, 1.807) is 12.1 Å². The van der Waals surface area contributed by atoms with Crippen molar-refractivity contribution in [2.75, 3.05) is 0 Å². The molecule has 1 aromatic carbocycles. The molecule has 6 heteroatoms. The first kappa shape index (κ1) is 15.6. The van der Waals surface area contributed by atoms with Gasteiger partial charge in [0.05, 0.1) is 15.8 Å². The van der Waals surface area contributed by atoms with E-state index in [1.807, 2.05) is 47.7 Å². The molecule has 0 radical (unpaired) electrons. The van der Waals surface area contributed by atoms with Crippen LogP contribution in [0.4, 0.5) is 8.78 Å². The molecule has 0 unspecified atom stereocenters. The van der Waals surface area contributed by atoms with E-state index in [4.69, 9.17) is 0 Å². The minimum Gasteiger partial charge on any atom is -0.302 e. The Kier molecular flexibility index (Phi) is 4.95. The Hall–Kier alpha value is -0.760. The van der Waals surface area contributed by atoms with Crippen LogP contribution in [0, 0.1) is 10.5 Å². The molecule has 20 heavy (non-hydrogen) atoms. The summed E-state index contributed by atoms with van der Waals surface area (Å²) in [5, 5.41) is 0. The second-order valence-corrected chi connectivity index (χ2v) is 6.41. The Morgan fingerprint density at radius 1 is 1.30 bits per heavy atom. The molecular formula is C14H11BrF2INO. The molecule has 0 atom stereocenters. The van der Waals surface area contributed by atoms with Gasteiger partial charge in [0.25, 0.3) is 12.0 Å². The van der Waals surface area contributed by atoms with Crippen LogP contribution in [0.25, 0.3) is 11.3 Å². The van der Waals surface area contributed by atoms with Crippen molar-refractivity contribution in [3.63, 3.8) is 0 Å². The lowest BCUT2D eigenvalue weighted by Crippen LogP contribution is -2.26. The summed E-state index contributed by atoms with van der Waals surface area (Å²) in [7, 11) is 0. The van der Waals surface area contributed by atoms with E-state index in [0.29, 0.717) is 9.26 Å². The summed E-state index contributed by atoms with van der Waals surface area (Å²) < 4.78 is 27.9. The first-order valence-electron chi connectivity index (χ1n) is 5.84. The van der Waals surface area contributed by atoms with E-state index in [9.17, 15) is 13.6 Å². The van der Waals surface area contributed by atoms with Crippen LogP contribution in [-0.2, 0) is 6.54 Å². The van der Waals surface area contributed by atoms with Gasteiger partial charge in [0.15, 0.2) is 0 Å². The molecule has 0 N–H and O–H groups in total. The molecule has 0 amide bonds. The number of aryl methyl sites for hydroxylation is 1. The summed E-state index contributed by atoms with van der Waals surface area (Å²) in [5.41, 5.74) is 1.83. The fraction of sp³-hybridized carbons (Fsp3) is 0.214. The van der Waals surface area contributed by atoms with Gasteiger partial charge in [-0.3, -0.25) is 4.79 Å². The second-order valence-electron chi connectivity index (χ2n) is 4.33. The summed E-state index contributed by atoms with van der Waals surface area (Å²) in [6.45, 7) is 1.29. The zero-order valence-corrected chi connectivity index (χ0v) is 14.3. The Bertz CT molecular complexity index is 700. The highest BCUT2D eigenvalue weighted by molar-refractivity contribution is 14.1. The van der Waals surface area contributed by atoms with Crippen LogP contribution in [-0.4, -0.2) is 11.0 Å². The van der Waals surface area contributed by atoms with Crippen molar-refractivity contribution in [1.29, 1.82) is 0 Å². The Labute approximate surface area is 137 Å². The lowest BCUT2D eigenvalue weighted by molar-refractivity contribution is 0.125. The van der Waals surface area contributed by atoms with E-state index in [-0.39, 0.29) is 5.56 Å². The molecule has 0 spiro atoms. The van der Waals surface area contributed by atoms with Crippen LogP contribution in [0.1, 0.15) is 5.56 Å².